The molecule has 0 aliphatic heterocycles. The van der Waals surface area contributed by atoms with Crippen molar-refractivity contribution in [2.45, 2.75) is 64.5 Å². The summed E-state index contributed by atoms with van der Waals surface area (Å²) >= 11 is 0. The highest BCUT2D eigenvalue weighted by atomic mass is 28.4. The average molecular weight is 353 g/mol. The molecule has 0 saturated heterocycles. The minimum absolute atomic E-state index is 0.0798. The van der Waals surface area contributed by atoms with Gasteiger partial charge in [-0.3, -0.25) is 0 Å². The van der Waals surface area contributed by atoms with Crippen LogP contribution in [0.25, 0.3) is 0 Å². The number of benzene rings is 2. The van der Waals surface area contributed by atoms with Gasteiger partial charge in [-0.15, -0.1) is 0 Å². The smallest absolute Gasteiger partial charge is 0.261 e. The van der Waals surface area contributed by atoms with E-state index in [-0.39, 0.29) is 5.04 Å². The van der Waals surface area contributed by atoms with Gasteiger partial charge in [0, 0.05) is 6.10 Å². The maximum atomic E-state index is 7.22. The molecule has 25 heavy (non-hydrogen) atoms. The fourth-order valence-corrected chi connectivity index (χ4v) is 9.16. The third kappa shape index (κ3) is 3.75. The van der Waals surface area contributed by atoms with Crippen LogP contribution in [0.5, 0.6) is 0 Å². The second kappa shape index (κ2) is 7.47. The van der Waals surface area contributed by atoms with Gasteiger partial charge in [0.1, 0.15) is 0 Å². The van der Waals surface area contributed by atoms with E-state index in [1.54, 1.807) is 0 Å². The van der Waals surface area contributed by atoms with Gasteiger partial charge < -0.3 is 4.43 Å². The molecule has 1 aliphatic carbocycles. The molecule has 0 bridgehead atoms. The Labute approximate surface area is 154 Å². The lowest BCUT2D eigenvalue weighted by molar-refractivity contribution is 0.119. The highest BCUT2D eigenvalue weighted by Gasteiger charge is 2.51. The quantitative estimate of drug-likeness (QED) is 0.692. The van der Waals surface area contributed by atoms with Crippen molar-refractivity contribution in [1.82, 2.24) is 0 Å². The van der Waals surface area contributed by atoms with Gasteiger partial charge in [0.15, 0.2) is 0 Å². The maximum Gasteiger partial charge on any atom is 0.261 e. The van der Waals surface area contributed by atoms with E-state index in [1.807, 2.05) is 0 Å². The largest absolute Gasteiger partial charge is 0.404 e. The van der Waals surface area contributed by atoms with Crippen molar-refractivity contribution in [3.8, 4) is 0 Å². The molecular formula is C23H32OSi. The van der Waals surface area contributed by atoms with Crippen LogP contribution in [-0.4, -0.2) is 14.4 Å². The van der Waals surface area contributed by atoms with Gasteiger partial charge in [-0.2, -0.15) is 0 Å². The Kier molecular flexibility index (Phi) is 5.50. The first-order chi connectivity index (χ1) is 11.9. The Morgan fingerprint density at radius 3 is 1.80 bits per heavy atom. The predicted molar refractivity (Wildman–Crippen MR) is 110 cm³/mol. The first kappa shape index (κ1) is 18.4. The van der Waals surface area contributed by atoms with Crippen molar-refractivity contribution in [2.75, 3.05) is 0 Å². The lowest BCUT2D eigenvalue weighted by Crippen LogP contribution is -2.67. The summed E-state index contributed by atoms with van der Waals surface area (Å²) < 4.78 is 7.22. The second-order valence-corrected chi connectivity index (χ2v) is 12.9. The second-order valence-electron chi connectivity index (χ2n) is 8.67. The molecule has 3 rings (SSSR count). The predicted octanol–water partition coefficient (Wildman–Crippen LogP) is 5.14. The van der Waals surface area contributed by atoms with Crippen molar-refractivity contribution in [3.05, 3.63) is 60.7 Å². The molecule has 1 fully saturated rings. The first-order valence-corrected chi connectivity index (χ1v) is 11.6. The fraction of sp³-hybridized carbons (Fsp3) is 0.478. The standard InChI is InChI=1S/C23H32OSi/c1-19-12-11-13-20(18-19)24-25(23(2,3)4,21-14-7-5-8-15-21)22-16-9-6-10-17-22/h5-10,14-17,19-20H,11-13,18H2,1-4H3. The zero-order valence-corrected chi connectivity index (χ0v) is 17.2. The molecule has 1 aliphatic rings. The maximum absolute atomic E-state index is 7.22. The van der Waals surface area contributed by atoms with Crippen molar-refractivity contribution >= 4 is 18.7 Å². The minimum Gasteiger partial charge on any atom is -0.404 e. The van der Waals surface area contributed by atoms with Crippen LogP contribution in [0, 0.1) is 5.92 Å². The highest BCUT2D eigenvalue weighted by Crippen LogP contribution is 2.39. The van der Waals surface area contributed by atoms with Crippen LogP contribution in [0.1, 0.15) is 53.4 Å². The Balaban J connectivity index is 2.12. The monoisotopic (exact) mass is 352 g/mol. The van der Waals surface area contributed by atoms with Crippen LogP contribution in [0.15, 0.2) is 60.7 Å². The number of hydrogen-bond donors (Lipinski definition) is 0. The van der Waals surface area contributed by atoms with Gasteiger partial charge in [0.25, 0.3) is 8.32 Å². The molecule has 2 aromatic carbocycles. The first-order valence-electron chi connectivity index (χ1n) is 9.72. The molecule has 0 N–H and O–H groups in total. The summed E-state index contributed by atoms with van der Waals surface area (Å²) in [5.41, 5.74) is 0. The van der Waals surface area contributed by atoms with Gasteiger partial charge in [-0.1, -0.05) is 101 Å². The van der Waals surface area contributed by atoms with Gasteiger partial charge >= 0.3 is 0 Å². The summed E-state index contributed by atoms with van der Waals surface area (Å²) in [5, 5.41) is 2.87. The van der Waals surface area contributed by atoms with Crippen molar-refractivity contribution in [2.24, 2.45) is 5.92 Å². The molecule has 0 spiro atoms. The van der Waals surface area contributed by atoms with E-state index in [0.29, 0.717) is 6.10 Å². The van der Waals surface area contributed by atoms with Gasteiger partial charge in [-0.25, -0.2) is 0 Å². The van der Waals surface area contributed by atoms with Crippen LogP contribution >= 0.6 is 0 Å². The summed E-state index contributed by atoms with van der Waals surface area (Å²) in [6.07, 6.45) is 5.43. The van der Waals surface area contributed by atoms with E-state index >= 15 is 0 Å². The van der Waals surface area contributed by atoms with Gasteiger partial charge in [-0.05, 0) is 34.2 Å². The third-order valence-electron chi connectivity index (χ3n) is 5.65. The molecular weight excluding hydrogens is 320 g/mol. The van der Waals surface area contributed by atoms with Crippen LogP contribution in [-0.2, 0) is 4.43 Å². The fourth-order valence-electron chi connectivity index (χ4n) is 4.43. The lowest BCUT2D eigenvalue weighted by Gasteiger charge is -2.46. The van der Waals surface area contributed by atoms with Crippen molar-refractivity contribution in [3.63, 3.8) is 0 Å². The van der Waals surface area contributed by atoms with Crippen LogP contribution in [0.4, 0.5) is 0 Å². The van der Waals surface area contributed by atoms with E-state index in [0.717, 1.165) is 5.92 Å². The van der Waals surface area contributed by atoms with E-state index in [4.69, 9.17) is 4.43 Å². The summed E-state index contributed by atoms with van der Waals surface area (Å²) in [5.74, 6) is 0.775. The lowest BCUT2D eigenvalue weighted by atomic mass is 9.89. The summed E-state index contributed by atoms with van der Waals surface area (Å²) in [6, 6.07) is 22.0. The summed E-state index contributed by atoms with van der Waals surface area (Å²) in [6.45, 7) is 9.48. The molecule has 0 radical (unpaired) electrons. The van der Waals surface area contributed by atoms with Gasteiger partial charge in [0.05, 0.1) is 0 Å². The Morgan fingerprint density at radius 2 is 1.36 bits per heavy atom. The third-order valence-corrected chi connectivity index (χ3v) is 10.7. The Hall–Kier alpha value is -1.38. The zero-order chi connectivity index (χ0) is 17.9. The van der Waals surface area contributed by atoms with Crippen molar-refractivity contribution in [1.29, 1.82) is 0 Å². The van der Waals surface area contributed by atoms with Crippen LogP contribution in [0.3, 0.4) is 0 Å². The molecule has 2 unspecified atom stereocenters. The molecule has 2 aromatic rings. The minimum atomic E-state index is -2.37. The Morgan fingerprint density at radius 1 is 0.840 bits per heavy atom. The van der Waals surface area contributed by atoms with E-state index < -0.39 is 8.32 Å². The van der Waals surface area contributed by atoms with E-state index in [2.05, 4.69) is 88.4 Å². The Bertz CT molecular complexity index is 620. The zero-order valence-electron chi connectivity index (χ0n) is 16.2. The molecule has 2 heteroatoms. The van der Waals surface area contributed by atoms with E-state index in [1.165, 1.54) is 36.1 Å². The average Bonchev–Trinajstić information content (AvgIpc) is 2.60. The van der Waals surface area contributed by atoms with Crippen molar-refractivity contribution < 1.29 is 4.43 Å². The number of rotatable bonds is 4. The number of hydrogen-bond acceptors (Lipinski definition) is 1. The molecule has 0 heterocycles. The normalized spacial score (nSPS) is 21.9. The molecule has 2 atom stereocenters. The summed E-state index contributed by atoms with van der Waals surface area (Å²) in [4.78, 5) is 0. The highest BCUT2D eigenvalue weighted by molar-refractivity contribution is 6.99. The molecule has 134 valence electrons. The SMILES string of the molecule is CC1CCCC(O[Si](c2ccccc2)(c2ccccc2)C(C)(C)C)C1. The molecule has 0 amide bonds. The van der Waals surface area contributed by atoms with Crippen LogP contribution < -0.4 is 10.4 Å². The van der Waals surface area contributed by atoms with E-state index in [9.17, 15) is 0 Å². The molecule has 1 nitrogen and oxygen atoms in total. The van der Waals surface area contributed by atoms with Gasteiger partial charge in [0.2, 0.25) is 0 Å². The topological polar surface area (TPSA) is 9.23 Å². The molecule has 1 saturated carbocycles. The molecule has 0 aromatic heterocycles. The van der Waals surface area contributed by atoms with Crippen LogP contribution in [0.2, 0.25) is 5.04 Å². The summed E-state index contributed by atoms with van der Waals surface area (Å²) in [7, 11) is -2.37.